The van der Waals surface area contributed by atoms with Crippen LogP contribution in [-0.4, -0.2) is 27.9 Å². The van der Waals surface area contributed by atoms with Gasteiger partial charge in [0.2, 0.25) is 5.75 Å². The molecule has 1 aliphatic carbocycles. The van der Waals surface area contributed by atoms with Crippen LogP contribution in [0.3, 0.4) is 0 Å². The van der Waals surface area contributed by atoms with Crippen LogP contribution in [0.25, 0.3) is 0 Å². The van der Waals surface area contributed by atoms with Crippen molar-refractivity contribution in [3.05, 3.63) is 16.7 Å². The predicted molar refractivity (Wildman–Crippen MR) is 75.7 cm³/mol. The first-order valence-corrected chi connectivity index (χ1v) is 6.70. The maximum Gasteiger partial charge on any atom is 0.203 e. The van der Waals surface area contributed by atoms with E-state index < -0.39 is 0 Å². The molecule has 1 aromatic carbocycles. The molecule has 0 heterocycles. The molecule has 0 aromatic heterocycles. The van der Waals surface area contributed by atoms with Gasteiger partial charge in [0.05, 0.1) is 26.4 Å². The van der Waals surface area contributed by atoms with Crippen molar-refractivity contribution in [1.82, 2.24) is 0 Å². The van der Waals surface area contributed by atoms with Gasteiger partial charge in [0.25, 0.3) is 0 Å². The molecule has 5 heteroatoms. The molecule has 106 valence electrons. The van der Waals surface area contributed by atoms with Crippen LogP contribution >= 0.6 is 11.6 Å². The molecular weight excluding hydrogens is 266 g/mol. The molecule has 0 atom stereocenters. The Balaban J connectivity index is 2.66. The van der Waals surface area contributed by atoms with Gasteiger partial charge in [-0.05, 0) is 12.8 Å². The summed E-state index contributed by atoms with van der Waals surface area (Å²) in [6, 6.07) is 1.77. The Morgan fingerprint density at radius 3 is 2.16 bits per heavy atom. The fraction of sp³-hybridized carbons (Fsp3) is 0.571. The topological polar surface area (TPSA) is 53.7 Å². The van der Waals surface area contributed by atoms with Crippen LogP contribution in [0.1, 0.15) is 24.8 Å². The third kappa shape index (κ3) is 2.13. The molecule has 1 saturated carbocycles. The van der Waals surface area contributed by atoms with Gasteiger partial charge in [-0.2, -0.15) is 0 Å². The second kappa shape index (κ2) is 5.47. The number of hydrogen-bond donors (Lipinski definition) is 1. The molecule has 0 radical (unpaired) electrons. The van der Waals surface area contributed by atoms with E-state index >= 15 is 0 Å². The van der Waals surface area contributed by atoms with Crippen molar-refractivity contribution in [1.29, 1.82) is 0 Å². The zero-order valence-electron chi connectivity index (χ0n) is 11.6. The largest absolute Gasteiger partial charge is 0.493 e. The molecule has 0 spiro atoms. The Kier molecular flexibility index (Phi) is 4.11. The number of methoxy groups -OCH3 is 3. The van der Waals surface area contributed by atoms with Gasteiger partial charge < -0.3 is 19.9 Å². The average molecular weight is 286 g/mol. The molecule has 0 unspecified atom stereocenters. The highest BCUT2D eigenvalue weighted by atomic mass is 35.5. The van der Waals surface area contributed by atoms with Crippen molar-refractivity contribution >= 4 is 11.6 Å². The molecule has 4 nitrogen and oxygen atoms in total. The lowest BCUT2D eigenvalue weighted by atomic mass is 9.64. The Labute approximate surface area is 118 Å². The zero-order chi connectivity index (χ0) is 14.0. The third-order valence-electron chi connectivity index (χ3n) is 4.01. The van der Waals surface area contributed by atoms with E-state index in [1.54, 1.807) is 27.4 Å². The van der Waals surface area contributed by atoms with Gasteiger partial charge in [0, 0.05) is 23.6 Å². The van der Waals surface area contributed by atoms with Gasteiger partial charge in [-0.15, -0.1) is 0 Å². The van der Waals surface area contributed by atoms with Crippen LogP contribution < -0.4 is 19.9 Å². The van der Waals surface area contributed by atoms with Crippen molar-refractivity contribution in [3.8, 4) is 17.2 Å². The minimum absolute atomic E-state index is 0.0953. The highest BCUT2D eigenvalue weighted by Crippen LogP contribution is 2.54. The van der Waals surface area contributed by atoms with E-state index in [9.17, 15) is 0 Å². The summed E-state index contributed by atoms with van der Waals surface area (Å²) in [5, 5.41) is 0.625. The second-order valence-corrected chi connectivity index (χ2v) is 5.25. The van der Waals surface area contributed by atoms with Gasteiger partial charge in [-0.25, -0.2) is 0 Å². The van der Waals surface area contributed by atoms with E-state index in [-0.39, 0.29) is 5.41 Å². The molecule has 1 aromatic rings. The van der Waals surface area contributed by atoms with Crippen LogP contribution in [0, 0.1) is 0 Å². The first-order chi connectivity index (χ1) is 9.13. The van der Waals surface area contributed by atoms with E-state index in [0.29, 0.717) is 28.8 Å². The van der Waals surface area contributed by atoms with Gasteiger partial charge in [0.1, 0.15) is 0 Å². The standard InChI is InChI=1S/C14H20ClNO3/c1-17-10-7-9(15)11(13(19-3)12(10)18-2)14(8-16)5-4-6-14/h7H,4-6,8,16H2,1-3H3. The number of nitrogens with two attached hydrogens (primary N) is 1. The highest BCUT2D eigenvalue weighted by molar-refractivity contribution is 6.32. The maximum absolute atomic E-state index is 6.43. The Morgan fingerprint density at radius 1 is 1.16 bits per heavy atom. The average Bonchev–Trinajstić information content (AvgIpc) is 2.38. The van der Waals surface area contributed by atoms with Crippen molar-refractivity contribution in [2.75, 3.05) is 27.9 Å². The molecule has 0 amide bonds. The molecule has 1 aliphatic rings. The number of benzene rings is 1. The second-order valence-electron chi connectivity index (χ2n) is 4.84. The summed E-state index contributed by atoms with van der Waals surface area (Å²) in [4.78, 5) is 0. The summed E-state index contributed by atoms with van der Waals surface area (Å²) >= 11 is 6.43. The molecule has 1 fully saturated rings. The molecule has 0 bridgehead atoms. The molecule has 2 N–H and O–H groups in total. The van der Waals surface area contributed by atoms with Gasteiger partial charge >= 0.3 is 0 Å². The van der Waals surface area contributed by atoms with Crippen LogP contribution in [0.4, 0.5) is 0 Å². The lowest BCUT2D eigenvalue weighted by Crippen LogP contribution is -2.42. The van der Waals surface area contributed by atoms with Crippen LogP contribution in [-0.2, 0) is 5.41 Å². The van der Waals surface area contributed by atoms with Crippen molar-refractivity contribution in [2.24, 2.45) is 5.73 Å². The predicted octanol–water partition coefficient (Wildman–Crippen LogP) is 2.75. The van der Waals surface area contributed by atoms with Crippen molar-refractivity contribution < 1.29 is 14.2 Å². The summed E-state index contributed by atoms with van der Waals surface area (Å²) in [6.07, 6.45) is 3.20. The quantitative estimate of drug-likeness (QED) is 0.904. The summed E-state index contributed by atoms with van der Waals surface area (Å²) in [5.41, 5.74) is 6.82. The first-order valence-electron chi connectivity index (χ1n) is 6.32. The maximum atomic E-state index is 6.43. The lowest BCUT2D eigenvalue weighted by molar-refractivity contribution is 0.238. The molecule has 0 saturated heterocycles. The van der Waals surface area contributed by atoms with Crippen molar-refractivity contribution in [3.63, 3.8) is 0 Å². The fourth-order valence-electron chi connectivity index (χ4n) is 2.78. The number of rotatable bonds is 5. The van der Waals surface area contributed by atoms with Gasteiger partial charge in [0.15, 0.2) is 11.5 Å². The normalized spacial score (nSPS) is 16.7. The molecule has 0 aliphatic heterocycles. The Hall–Kier alpha value is -1.13. The van der Waals surface area contributed by atoms with Crippen LogP contribution in [0.5, 0.6) is 17.2 Å². The SMILES string of the molecule is COc1cc(Cl)c(C2(CN)CCC2)c(OC)c1OC. The van der Waals surface area contributed by atoms with E-state index in [4.69, 9.17) is 31.5 Å². The van der Waals surface area contributed by atoms with E-state index in [0.717, 1.165) is 24.8 Å². The van der Waals surface area contributed by atoms with Gasteiger partial charge in [-0.1, -0.05) is 18.0 Å². The fourth-order valence-corrected chi connectivity index (χ4v) is 3.17. The molecule has 19 heavy (non-hydrogen) atoms. The van der Waals surface area contributed by atoms with E-state index in [1.807, 2.05) is 0 Å². The number of ether oxygens (including phenoxy) is 3. The Morgan fingerprint density at radius 2 is 1.79 bits per heavy atom. The first kappa shape index (κ1) is 14.3. The number of halogens is 1. The summed E-state index contributed by atoms with van der Waals surface area (Å²) in [7, 11) is 4.78. The highest BCUT2D eigenvalue weighted by Gasteiger charge is 2.42. The number of hydrogen-bond acceptors (Lipinski definition) is 4. The zero-order valence-corrected chi connectivity index (χ0v) is 12.3. The lowest BCUT2D eigenvalue weighted by Gasteiger charge is -2.42. The summed E-state index contributed by atoms with van der Waals surface area (Å²) in [6.45, 7) is 0.554. The minimum atomic E-state index is -0.0953. The van der Waals surface area contributed by atoms with Crippen LogP contribution in [0.15, 0.2) is 6.07 Å². The molecule has 2 rings (SSSR count). The van der Waals surface area contributed by atoms with Gasteiger partial charge in [-0.3, -0.25) is 0 Å². The van der Waals surface area contributed by atoms with E-state index in [2.05, 4.69) is 0 Å². The Bertz CT molecular complexity index is 467. The van der Waals surface area contributed by atoms with Crippen molar-refractivity contribution in [2.45, 2.75) is 24.7 Å². The summed E-state index contributed by atoms with van der Waals surface area (Å²) < 4.78 is 16.2. The third-order valence-corrected chi connectivity index (χ3v) is 4.31. The van der Waals surface area contributed by atoms with E-state index in [1.165, 1.54) is 0 Å². The monoisotopic (exact) mass is 285 g/mol. The minimum Gasteiger partial charge on any atom is -0.493 e. The smallest absolute Gasteiger partial charge is 0.203 e. The molecular formula is C14H20ClNO3. The van der Waals surface area contributed by atoms with Crippen LogP contribution in [0.2, 0.25) is 5.02 Å². The summed E-state index contributed by atoms with van der Waals surface area (Å²) in [5.74, 6) is 1.78.